The van der Waals surface area contributed by atoms with Crippen LogP contribution in [0.15, 0.2) is 47.4 Å². The largest absolute Gasteiger partial charge is 0.497 e. The lowest BCUT2D eigenvalue weighted by molar-refractivity contribution is -0.140. The summed E-state index contributed by atoms with van der Waals surface area (Å²) in [5, 5.41) is 0. The number of rotatable bonds is 6. The zero-order valence-electron chi connectivity index (χ0n) is 16.2. The van der Waals surface area contributed by atoms with Gasteiger partial charge < -0.3 is 15.2 Å². The van der Waals surface area contributed by atoms with E-state index in [2.05, 4.69) is 0 Å². The number of benzene rings is 2. The minimum atomic E-state index is -4.00. The van der Waals surface area contributed by atoms with Crippen LogP contribution < -0.4 is 15.2 Å². The number of ether oxygens (including phenoxy) is 2. The van der Waals surface area contributed by atoms with Crippen LogP contribution in [0, 0.1) is 11.7 Å². The number of carbonyl (C=O) groups excluding carboxylic acids is 2. The topological polar surface area (TPSA) is 116 Å². The van der Waals surface area contributed by atoms with Gasteiger partial charge in [0.15, 0.2) is 0 Å². The van der Waals surface area contributed by atoms with Crippen LogP contribution in [0.5, 0.6) is 11.5 Å². The highest BCUT2D eigenvalue weighted by molar-refractivity contribution is 7.89. The van der Waals surface area contributed by atoms with Crippen molar-refractivity contribution in [2.24, 2.45) is 11.7 Å². The van der Waals surface area contributed by atoms with Gasteiger partial charge in [0, 0.05) is 19.2 Å². The molecule has 30 heavy (non-hydrogen) atoms. The molecule has 8 nitrogen and oxygen atoms in total. The van der Waals surface area contributed by atoms with Crippen molar-refractivity contribution in [3.63, 3.8) is 0 Å². The van der Waals surface area contributed by atoms with Gasteiger partial charge in [0.25, 0.3) is 5.91 Å². The van der Waals surface area contributed by atoms with Crippen LogP contribution in [0.2, 0.25) is 0 Å². The highest BCUT2D eigenvalue weighted by Crippen LogP contribution is 2.29. The van der Waals surface area contributed by atoms with Gasteiger partial charge in [0.05, 0.1) is 18.6 Å². The van der Waals surface area contributed by atoms with Crippen LogP contribution in [-0.4, -0.2) is 44.8 Å². The van der Waals surface area contributed by atoms with Crippen LogP contribution in [0.25, 0.3) is 0 Å². The van der Waals surface area contributed by atoms with Gasteiger partial charge in [-0.25, -0.2) is 12.8 Å². The lowest BCUT2D eigenvalue weighted by Gasteiger charge is -2.30. The molecule has 1 amide bonds. The molecule has 0 aliphatic carbocycles. The predicted octanol–water partition coefficient (Wildman–Crippen LogP) is 1.94. The average Bonchev–Trinajstić information content (AvgIpc) is 2.73. The van der Waals surface area contributed by atoms with E-state index < -0.39 is 38.5 Å². The molecule has 1 aliphatic heterocycles. The van der Waals surface area contributed by atoms with Gasteiger partial charge in [-0.1, -0.05) is 12.1 Å². The Bertz CT molecular complexity index is 1060. The number of nitrogens with two attached hydrogens (primary N) is 1. The molecule has 10 heteroatoms. The minimum Gasteiger partial charge on any atom is -0.497 e. The van der Waals surface area contributed by atoms with E-state index in [4.69, 9.17) is 15.2 Å². The van der Waals surface area contributed by atoms with Gasteiger partial charge in [0.2, 0.25) is 10.0 Å². The summed E-state index contributed by atoms with van der Waals surface area (Å²) in [7, 11) is -2.57. The first-order chi connectivity index (χ1) is 14.2. The van der Waals surface area contributed by atoms with Crippen molar-refractivity contribution < 1.29 is 31.9 Å². The Morgan fingerprint density at radius 3 is 2.40 bits per heavy atom. The third-order valence-corrected chi connectivity index (χ3v) is 6.84. The van der Waals surface area contributed by atoms with Crippen LogP contribution >= 0.6 is 0 Å². The molecule has 0 radical (unpaired) electrons. The highest BCUT2D eigenvalue weighted by atomic mass is 32.2. The maximum atomic E-state index is 13.9. The van der Waals surface area contributed by atoms with E-state index >= 15 is 0 Å². The molecule has 1 heterocycles. The van der Waals surface area contributed by atoms with E-state index in [9.17, 15) is 22.4 Å². The smallest absolute Gasteiger partial charge is 0.314 e. The molecule has 160 valence electrons. The number of piperidine rings is 1. The SMILES string of the molecule is COc1ccc(C(N)=O)c(OC(=O)C2CCN(S(=O)(=O)c3ccccc3F)CC2)c1. The second kappa shape index (κ2) is 8.80. The number of halogens is 1. The van der Waals surface area contributed by atoms with E-state index in [-0.39, 0.29) is 37.2 Å². The lowest BCUT2D eigenvalue weighted by atomic mass is 9.98. The maximum absolute atomic E-state index is 13.9. The fraction of sp³-hybridized carbons (Fsp3) is 0.300. The second-order valence-corrected chi connectivity index (χ2v) is 8.66. The fourth-order valence-electron chi connectivity index (χ4n) is 3.23. The van der Waals surface area contributed by atoms with Gasteiger partial charge in [-0.15, -0.1) is 0 Å². The Morgan fingerprint density at radius 1 is 1.13 bits per heavy atom. The molecular formula is C20H21FN2O6S. The van der Waals surface area contributed by atoms with Crippen LogP contribution in [0.4, 0.5) is 4.39 Å². The standard InChI is InChI=1S/C20H21FN2O6S/c1-28-14-6-7-15(19(22)24)17(12-14)29-20(25)13-8-10-23(11-9-13)30(26,27)18-5-3-2-4-16(18)21/h2-7,12-13H,8-11H2,1H3,(H2,22,24). The Morgan fingerprint density at radius 2 is 1.80 bits per heavy atom. The van der Waals surface area contributed by atoms with E-state index in [1.54, 1.807) is 0 Å². The fourth-order valence-corrected chi connectivity index (χ4v) is 4.77. The van der Waals surface area contributed by atoms with Crippen molar-refractivity contribution in [2.45, 2.75) is 17.7 Å². The van der Waals surface area contributed by atoms with Crippen molar-refractivity contribution in [1.82, 2.24) is 4.31 Å². The molecule has 0 atom stereocenters. The van der Waals surface area contributed by atoms with Crippen molar-refractivity contribution >= 4 is 21.9 Å². The van der Waals surface area contributed by atoms with E-state index in [1.165, 1.54) is 43.5 Å². The van der Waals surface area contributed by atoms with Gasteiger partial charge in [0.1, 0.15) is 22.2 Å². The Kier molecular flexibility index (Phi) is 6.37. The van der Waals surface area contributed by atoms with E-state index in [0.717, 1.165) is 10.4 Å². The summed E-state index contributed by atoms with van der Waals surface area (Å²) in [6.45, 7) is 0.0778. The summed E-state index contributed by atoms with van der Waals surface area (Å²) >= 11 is 0. The third-order valence-electron chi connectivity index (χ3n) is 4.91. The van der Waals surface area contributed by atoms with Crippen LogP contribution in [0.1, 0.15) is 23.2 Å². The van der Waals surface area contributed by atoms with Crippen molar-refractivity contribution in [3.8, 4) is 11.5 Å². The number of primary amides is 1. The molecule has 3 rings (SSSR count). The summed E-state index contributed by atoms with van der Waals surface area (Å²) in [5.41, 5.74) is 5.35. The summed E-state index contributed by atoms with van der Waals surface area (Å²) in [6, 6.07) is 9.45. The Labute approximate surface area is 173 Å². The molecule has 1 fully saturated rings. The van der Waals surface area contributed by atoms with Crippen molar-refractivity contribution in [2.75, 3.05) is 20.2 Å². The average molecular weight is 436 g/mol. The zero-order chi connectivity index (χ0) is 21.9. The first-order valence-electron chi connectivity index (χ1n) is 9.18. The summed E-state index contributed by atoms with van der Waals surface area (Å²) < 4.78 is 50.9. The molecule has 0 aromatic heterocycles. The number of sulfonamides is 1. The number of hydrogen-bond acceptors (Lipinski definition) is 6. The molecule has 2 aromatic carbocycles. The molecule has 2 N–H and O–H groups in total. The summed E-state index contributed by atoms with van der Waals surface area (Å²) in [5.74, 6) is -2.40. The molecule has 0 unspecified atom stereocenters. The third kappa shape index (κ3) is 4.44. The van der Waals surface area contributed by atoms with E-state index in [0.29, 0.717) is 5.75 Å². The number of amides is 1. The number of methoxy groups -OCH3 is 1. The normalized spacial score (nSPS) is 15.5. The number of nitrogens with zero attached hydrogens (tertiary/aromatic N) is 1. The van der Waals surface area contributed by atoms with Gasteiger partial charge in [-0.3, -0.25) is 9.59 Å². The highest BCUT2D eigenvalue weighted by Gasteiger charge is 2.34. The number of esters is 1. The van der Waals surface area contributed by atoms with E-state index in [1.807, 2.05) is 0 Å². The second-order valence-electron chi connectivity index (χ2n) is 6.76. The van der Waals surface area contributed by atoms with Gasteiger partial charge >= 0.3 is 5.97 Å². The molecule has 0 saturated carbocycles. The minimum absolute atomic E-state index is 0.0201. The summed E-state index contributed by atoms with van der Waals surface area (Å²) in [6.07, 6.45) is 0.394. The zero-order valence-corrected chi connectivity index (χ0v) is 17.0. The van der Waals surface area contributed by atoms with Crippen LogP contribution in [-0.2, 0) is 14.8 Å². The first-order valence-corrected chi connectivity index (χ1v) is 10.6. The molecule has 2 aromatic rings. The molecule has 0 spiro atoms. The Balaban J connectivity index is 1.69. The van der Waals surface area contributed by atoms with Crippen LogP contribution in [0.3, 0.4) is 0 Å². The van der Waals surface area contributed by atoms with Crippen molar-refractivity contribution in [3.05, 3.63) is 53.8 Å². The Hall–Kier alpha value is -2.98. The summed E-state index contributed by atoms with van der Waals surface area (Å²) in [4.78, 5) is 23.8. The van der Waals surface area contributed by atoms with Gasteiger partial charge in [-0.05, 0) is 37.1 Å². The quantitative estimate of drug-likeness (QED) is 0.547. The molecule has 1 saturated heterocycles. The van der Waals surface area contributed by atoms with Crippen molar-refractivity contribution in [1.29, 1.82) is 0 Å². The first kappa shape index (κ1) is 21.7. The maximum Gasteiger partial charge on any atom is 0.314 e. The number of hydrogen-bond donors (Lipinski definition) is 1. The lowest BCUT2D eigenvalue weighted by Crippen LogP contribution is -2.41. The molecule has 0 bridgehead atoms. The predicted molar refractivity (Wildman–Crippen MR) is 105 cm³/mol. The molecular weight excluding hydrogens is 415 g/mol. The van der Waals surface area contributed by atoms with Gasteiger partial charge in [-0.2, -0.15) is 4.31 Å². The molecule has 1 aliphatic rings. The monoisotopic (exact) mass is 436 g/mol. The number of carbonyl (C=O) groups is 2.